The van der Waals surface area contributed by atoms with Crippen LogP contribution in [0.5, 0.6) is 5.75 Å². The Labute approximate surface area is 164 Å². The molecule has 0 spiro atoms. The van der Waals surface area contributed by atoms with Crippen LogP contribution in [0.25, 0.3) is 0 Å². The van der Waals surface area contributed by atoms with Crippen molar-refractivity contribution < 1.29 is 4.52 Å². The summed E-state index contributed by atoms with van der Waals surface area (Å²) in [7, 11) is 0. The average Bonchev–Trinajstić information content (AvgIpc) is 2.61. The number of piperidine rings is 2. The molecule has 2 heterocycles. The fraction of sp³-hybridized carbons (Fsp3) is 0.625. The van der Waals surface area contributed by atoms with E-state index in [1.807, 2.05) is 0 Å². The summed E-state index contributed by atoms with van der Waals surface area (Å²) in [5.41, 5.74) is 0. The van der Waals surface area contributed by atoms with Crippen LogP contribution in [0, 0.1) is 0 Å². The van der Waals surface area contributed by atoms with E-state index in [0.29, 0.717) is 20.8 Å². The van der Waals surface area contributed by atoms with Crippen LogP contribution in [0.1, 0.15) is 38.5 Å². The van der Waals surface area contributed by atoms with Gasteiger partial charge >= 0.3 is 0 Å². The van der Waals surface area contributed by atoms with Gasteiger partial charge in [-0.1, -0.05) is 47.6 Å². The normalized spacial score (nSPS) is 21.0. The third kappa shape index (κ3) is 4.23. The van der Waals surface area contributed by atoms with Gasteiger partial charge in [0.05, 0.1) is 15.1 Å². The molecule has 0 aliphatic carbocycles. The van der Waals surface area contributed by atoms with E-state index in [2.05, 4.69) is 9.34 Å². The van der Waals surface area contributed by atoms with Crippen molar-refractivity contribution in [1.82, 2.24) is 9.34 Å². The van der Waals surface area contributed by atoms with E-state index in [1.165, 1.54) is 38.5 Å². The van der Waals surface area contributed by atoms with Crippen LogP contribution < -0.4 is 4.52 Å². The third-order valence-corrected chi connectivity index (χ3v) is 9.86. The zero-order chi connectivity index (χ0) is 17.2. The number of nitrogens with zero attached hydrogens (tertiary/aromatic N) is 2. The lowest BCUT2D eigenvalue weighted by Crippen LogP contribution is -2.39. The van der Waals surface area contributed by atoms with E-state index in [0.717, 1.165) is 26.2 Å². The molecule has 0 atom stereocenters. The third-order valence-electron chi connectivity index (χ3n) is 4.57. The van der Waals surface area contributed by atoms with E-state index in [1.54, 1.807) is 12.1 Å². The molecule has 0 amide bonds. The zero-order valence-electron chi connectivity index (χ0n) is 13.5. The monoisotopic (exact) mass is 426 g/mol. The van der Waals surface area contributed by atoms with Crippen molar-refractivity contribution in [3.05, 3.63) is 27.2 Å². The lowest BCUT2D eigenvalue weighted by atomic mass is 10.2. The molecule has 1 aromatic carbocycles. The Bertz CT molecular complexity index is 612. The van der Waals surface area contributed by atoms with Gasteiger partial charge in [-0.2, -0.15) is 0 Å². The molecular weight excluding hydrogens is 406 g/mol. The summed E-state index contributed by atoms with van der Waals surface area (Å²) in [4.78, 5) is 0. The highest BCUT2D eigenvalue weighted by Gasteiger charge is 2.37. The van der Waals surface area contributed by atoms with Crippen molar-refractivity contribution in [1.29, 1.82) is 0 Å². The topological polar surface area (TPSA) is 15.7 Å². The number of rotatable bonds is 4. The van der Waals surface area contributed by atoms with Crippen LogP contribution in [0.2, 0.25) is 15.1 Å². The molecule has 0 unspecified atom stereocenters. The summed E-state index contributed by atoms with van der Waals surface area (Å²) in [5.74, 6) is 0.547. The minimum atomic E-state index is -2.34. The minimum Gasteiger partial charge on any atom is -0.439 e. The van der Waals surface area contributed by atoms with Crippen molar-refractivity contribution in [3.63, 3.8) is 0 Å². The summed E-state index contributed by atoms with van der Waals surface area (Å²) >= 11 is 24.7. The SMILES string of the molecule is S=P(Oc1cc(Cl)c(Cl)cc1Cl)(N1CCCCC1)N1CCCCC1. The molecule has 0 bridgehead atoms. The Morgan fingerprint density at radius 1 is 0.750 bits per heavy atom. The molecule has 2 saturated heterocycles. The molecule has 134 valence electrons. The maximum Gasteiger partial charge on any atom is 0.253 e. The number of halogens is 3. The van der Waals surface area contributed by atoms with Gasteiger partial charge in [0.25, 0.3) is 6.57 Å². The molecule has 1 aromatic rings. The summed E-state index contributed by atoms with van der Waals surface area (Å²) < 4.78 is 11.2. The van der Waals surface area contributed by atoms with Gasteiger partial charge in [0, 0.05) is 32.2 Å². The van der Waals surface area contributed by atoms with E-state index in [9.17, 15) is 0 Å². The predicted molar refractivity (Wildman–Crippen MR) is 107 cm³/mol. The van der Waals surface area contributed by atoms with Crippen LogP contribution in [0.4, 0.5) is 0 Å². The van der Waals surface area contributed by atoms with E-state index >= 15 is 0 Å². The molecular formula is C16H22Cl3N2OPS. The highest BCUT2D eigenvalue weighted by molar-refractivity contribution is 8.10. The van der Waals surface area contributed by atoms with E-state index in [4.69, 9.17) is 51.1 Å². The summed E-state index contributed by atoms with van der Waals surface area (Å²) in [6.07, 6.45) is 7.21. The van der Waals surface area contributed by atoms with Crippen molar-refractivity contribution in [3.8, 4) is 5.75 Å². The Hall–Kier alpha value is 0.460. The first-order chi connectivity index (χ1) is 11.5. The molecule has 2 fully saturated rings. The van der Waals surface area contributed by atoms with E-state index < -0.39 is 6.57 Å². The molecule has 3 rings (SSSR count). The molecule has 0 radical (unpaired) electrons. The van der Waals surface area contributed by atoms with Gasteiger partial charge in [-0.05, 0) is 43.6 Å². The van der Waals surface area contributed by atoms with Gasteiger partial charge < -0.3 is 4.52 Å². The first-order valence-electron chi connectivity index (χ1n) is 8.46. The lowest BCUT2D eigenvalue weighted by Gasteiger charge is -2.44. The van der Waals surface area contributed by atoms with Crippen LogP contribution >= 0.6 is 41.4 Å². The summed E-state index contributed by atoms with van der Waals surface area (Å²) in [5, 5.41) is 1.33. The highest BCUT2D eigenvalue weighted by atomic mass is 35.5. The molecule has 2 aliphatic heterocycles. The fourth-order valence-corrected chi connectivity index (χ4v) is 7.68. The van der Waals surface area contributed by atoms with Gasteiger partial charge in [-0.15, -0.1) is 0 Å². The highest BCUT2D eigenvalue weighted by Crippen LogP contribution is 2.57. The Morgan fingerprint density at radius 3 is 1.71 bits per heavy atom. The van der Waals surface area contributed by atoms with E-state index in [-0.39, 0.29) is 0 Å². The maximum absolute atomic E-state index is 6.45. The first-order valence-corrected chi connectivity index (χ1v) is 12.2. The predicted octanol–water partition coefficient (Wildman–Crippen LogP) is 6.22. The van der Waals surface area contributed by atoms with Gasteiger partial charge in [0.2, 0.25) is 0 Å². The standard InChI is InChI=1S/C16H22Cl3N2OPS/c17-13-11-15(19)16(12-14(13)18)22-23(24,20-7-3-1-4-8-20)21-9-5-2-6-10-21/h11-12H,1-10H2. The van der Waals surface area contributed by atoms with Crippen molar-refractivity contribution in [2.45, 2.75) is 38.5 Å². The number of benzene rings is 1. The Kier molecular flexibility index (Phi) is 6.76. The minimum absolute atomic E-state index is 0.429. The largest absolute Gasteiger partial charge is 0.439 e. The average molecular weight is 428 g/mol. The van der Waals surface area contributed by atoms with Crippen LogP contribution in [-0.4, -0.2) is 35.5 Å². The first kappa shape index (κ1) is 19.2. The van der Waals surface area contributed by atoms with Gasteiger partial charge in [0.15, 0.2) is 0 Å². The second-order valence-electron chi connectivity index (χ2n) is 6.31. The molecule has 2 aliphatic rings. The Balaban J connectivity index is 1.92. The molecule has 0 N–H and O–H groups in total. The lowest BCUT2D eigenvalue weighted by molar-refractivity contribution is 0.274. The summed E-state index contributed by atoms with van der Waals surface area (Å²) in [6, 6.07) is 3.33. The van der Waals surface area contributed by atoms with Gasteiger partial charge in [0.1, 0.15) is 5.75 Å². The second kappa shape index (κ2) is 8.43. The van der Waals surface area contributed by atoms with Crippen LogP contribution in [0.3, 0.4) is 0 Å². The second-order valence-corrected chi connectivity index (χ2v) is 11.3. The number of hydrogen-bond donors (Lipinski definition) is 0. The fourth-order valence-electron chi connectivity index (χ4n) is 3.26. The molecule has 8 heteroatoms. The maximum atomic E-state index is 6.45. The molecule has 24 heavy (non-hydrogen) atoms. The van der Waals surface area contributed by atoms with Crippen LogP contribution in [-0.2, 0) is 11.8 Å². The quantitative estimate of drug-likeness (QED) is 0.418. The Morgan fingerprint density at radius 2 is 1.21 bits per heavy atom. The van der Waals surface area contributed by atoms with Crippen molar-refractivity contribution >= 4 is 53.2 Å². The molecule has 0 saturated carbocycles. The number of hydrogen-bond acceptors (Lipinski definition) is 2. The molecule has 3 nitrogen and oxygen atoms in total. The van der Waals surface area contributed by atoms with Gasteiger partial charge in [-0.3, -0.25) is 0 Å². The molecule has 0 aromatic heterocycles. The van der Waals surface area contributed by atoms with Crippen molar-refractivity contribution in [2.24, 2.45) is 0 Å². The summed E-state index contributed by atoms with van der Waals surface area (Å²) in [6.45, 7) is 1.63. The zero-order valence-corrected chi connectivity index (χ0v) is 17.5. The smallest absolute Gasteiger partial charge is 0.253 e. The van der Waals surface area contributed by atoms with Gasteiger partial charge in [-0.25, -0.2) is 9.34 Å². The van der Waals surface area contributed by atoms with Crippen LogP contribution in [0.15, 0.2) is 12.1 Å². The van der Waals surface area contributed by atoms with Crippen molar-refractivity contribution in [2.75, 3.05) is 26.2 Å².